The van der Waals surface area contributed by atoms with Gasteiger partial charge in [-0.05, 0) is 30.3 Å². The molecule has 1 N–H and O–H groups in total. The molecule has 0 aliphatic rings. The van der Waals surface area contributed by atoms with E-state index in [2.05, 4.69) is 10.4 Å². The highest BCUT2D eigenvalue weighted by atomic mass is 35.5. The summed E-state index contributed by atoms with van der Waals surface area (Å²) in [6.07, 6.45) is 2.53. The average Bonchev–Trinajstić information content (AvgIpc) is 3.07. The van der Waals surface area contributed by atoms with Gasteiger partial charge in [0.1, 0.15) is 0 Å². The SMILES string of the molecule is O=C(NCCc1ccn(-c2ccccc2)n1)c1cccc(Cl)c1Cl. The van der Waals surface area contributed by atoms with Crippen LogP contribution in [-0.2, 0) is 6.42 Å². The zero-order valence-corrected chi connectivity index (χ0v) is 14.3. The smallest absolute Gasteiger partial charge is 0.252 e. The molecule has 6 heteroatoms. The van der Waals surface area contributed by atoms with Crippen LogP contribution in [0, 0.1) is 0 Å². The Hall–Kier alpha value is -2.30. The Bertz CT molecular complexity index is 846. The largest absolute Gasteiger partial charge is 0.352 e. The first-order chi connectivity index (χ1) is 11.6. The summed E-state index contributed by atoms with van der Waals surface area (Å²) in [5, 5.41) is 7.97. The van der Waals surface area contributed by atoms with Crippen molar-refractivity contribution in [3.63, 3.8) is 0 Å². The highest BCUT2D eigenvalue weighted by Gasteiger charge is 2.12. The number of halogens is 2. The van der Waals surface area contributed by atoms with Crippen molar-refractivity contribution in [2.45, 2.75) is 6.42 Å². The first-order valence-corrected chi connectivity index (χ1v) is 8.23. The van der Waals surface area contributed by atoms with E-state index in [-0.39, 0.29) is 10.9 Å². The molecular weight excluding hydrogens is 345 g/mol. The van der Waals surface area contributed by atoms with Crippen LogP contribution in [0.1, 0.15) is 16.1 Å². The predicted molar refractivity (Wildman–Crippen MR) is 96.1 cm³/mol. The van der Waals surface area contributed by atoms with Crippen LogP contribution in [0.2, 0.25) is 10.0 Å². The maximum absolute atomic E-state index is 12.2. The molecule has 0 atom stereocenters. The normalized spacial score (nSPS) is 10.6. The highest BCUT2D eigenvalue weighted by Crippen LogP contribution is 2.25. The minimum Gasteiger partial charge on any atom is -0.352 e. The van der Waals surface area contributed by atoms with Crippen molar-refractivity contribution in [1.82, 2.24) is 15.1 Å². The van der Waals surface area contributed by atoms with Crippen molar-refractivity contribution in [3.05, 3.63) is 82.1 Å². The van der Waals surface area contributed by atoms with Gasteiger partial charge < -0.3 is 5.32 Å². The molecule has 1 aromatic heterocycles. The maximum atomic E-state index is 12.2. The van der Waals surface area contributed by atoms with Crippen LogP contribution in [-0.4, -0.2) is 22.2 Å². The standard InChI is InChI=1S/C18H15Cl2N3O/c19-16-8-4-7-15(17(16)20)18(24)21-11-9-13-10-12-23(22-13)14-5-2-1-3-6-14/h1-8,10,12H,9,11H2,(H,21,24). The molecule has 0 aliphatic heterocycles. The van der Waals surface area contributed by atoms with Crippen molar-refractivity contribution >= 4 is 29.1 Å². The summed E-state index contributed by atoms with van der Waals surface area (Å²) in [5.74, 6) is -0.245. The van der Waals surface area contributed by atoms with Gasteiger partial charge >= 0.3 is 0 Å². The highest BCUT2D eigenvalue weighted by molar-refractivity contribution is 6.43. The van der Waals surface area contributed by atoms with Crippen LogP contribution in [0.25, 0.3) is 5.69 Å². The fourth-order valence-corrected chi connectivity index (χ4v) is 2.68. The summed E-state index contributed by atoms with van der Waals surface area (Å²) < 4.78 is 1.81. The maximum Gasteiger partial charge on any atom is 0.252 e. The molecule has 0 spiro atoms. The molecule has 0 bridgehead atoms. The minimum absolute atomic E-state index is 0.245. The second kappa shape index (κ2) is 7.51. The van der Waals surface area contributed by atoms with Crippen molar-refractivity contribution in [1.29, 1.82) is 0 Å². The van der Waals surface area contributed by atoms with Crippen LogP contribution in [0.4, 0.5) is 0 Å². The van der Waals surface area contributed by atoms with Gasteiger partial charge in [0, 0.05) is 19.2 Å². The van der Waals surface area contributed by atoms with Crippen LogP contribution in [0.3, 0.4) is 0 Å². The third-order valence-corrected chi connectivity index (χ3v) is 4.35. The van der Waals surface area contributed by atoms with Gasteiger partial charge in [0.05, 0.1) is 27.0 Å². The molecule has 4 nitrogen and oxygen atoms in total. The quantitative estimate of drug-likeness (QED) is 0.743. The number of carbonyl (C=O) groups is 1. The molecule has 0 aliphatic carbocycles. The molecular formula is C18H15Cl2N3O. The Morgan fingerprint density at radius 3 is 2.62 bits per heavy atom. The van der Waals surface area contributed by atoms with Crippen LogP contribution in [0.15, 0.2) is 60.8 Å². The third kappa shape index (κ3) is 3.78. The van der Waals surface area contributed by atoms with Crippen LogP contribution >= 0.6 is 23.2 Å². The second-order valence-electron chi connectivity index (χ2n) is 5.19. The molecule has 0 radical (unpaired) electrons. The van der Waals surface area contributed by atoms with Crippen molar-refractivity contribution < 1.29 is 4.79 Å². The second-order valence-corrected chi connectivity index (χ2v) is 5.98. The summed E-state index contributed by atoms with van der Waals surface area (Å²) in [6.45, 7) is 0.466. The Balaban J connectivity index is 1.58. The molecule has 1 heterocycles. The lowest BCUT2D eigenvalue weighted by Crippen LogP contribution is -2.26. The summed E-state index contributed by atoms with van der Waals surface area (Å²) >= 11 is 12.0. The Morgan fingerprint density at radius 1 is 1.04 bits per heavy atom. The van der Waals surface area contributed by atoms with E-state index < -0.39 is 0 Å². The first-order valence-electron chi connectivity index (χ1n) is 7.47. The van der Waals surface area contributed by atoms with Gasteiger partial charge in [0.25, 0.3) is 5.91 Å². The van der Waals surface area contributed by atoms with Gasteiger partial charge in [-0.25, -0.2) is 4.68 Å². The Labute approximate surface area is 150 Å². The number of benzene rings is 2. The average molecular weight is 360 g/mol. The monoisotopic (exact) mass is 359 g/mol. The summed E-state index contributed by atoms with van der Waals surface area (Å²) in [5.41, 5.74) is 2.27. The van der Waals surface area contributed by atoms with Gasteiger partial charge in [0.15, 0.2) is 0 Å². The minimum atomic E-state index is -0.245. The van der Waals surface area contributed by atoms with E-state index in [0.29, 0.717) is 23.6 Å². The molecule has 2 aromatic carbocycles. The summed E-state index contributed by atoms with van der Waals surface area (Å²) in [7, 11) is 0. The van der Waals surface area contributed by atoms with Crippen LogP contribution in [0.5, 0.6) is 0 Å². The lowest BCUT2D eigenvalue weighted by molar-refractivity contribution is 0.0954. The number of amides is 1. The topological polar surface area (TPSA) is 46.9 Å². The summed E-state index contributed by atoms with van der Waals surface area (Å²) in [6, 6.07) is 16.8. The molecule has 0 saturated carbocycles. The van der Waals surface area contributed by atoms with E-state index >= 15 is 0 Å². The Morgan fingerprint density at radius 2 is 1.83 bits per heavy atom. The van der Waals surface area contributed by atoms with E-state index in [9.17, 15) is 4.79 Å². The van der Waals surface area contributed by atoms with Gasteiger partial charge in [-0.15, -0.1) is 0 Å². The Kier molecular flexibility index (Phi) is 5.18. The van der Waals surface area contributed by atoms with E-state index in [1.807, 2.05) is 47.3 Å². The fourth-order valence-electron chi connectivity index (χ4n) is 2.30. The number of para-hydroxylation sites is 1. The third-order valence-electron chi connectivity index (χ3n) is 3.53. The van der Waals surface area contributed by atoms with E-state index in [1.54, 1.807) is 18.2 Å². The predicted octanol–water partition coefficient (Wildman–Crippen LogP) is 4.15. The van der Waals surface area contributed by atoms with Crippen molar-refractivity contribution in [2.75, 3.05) is 6.54 Å². The number of nitrogens with one attached hydrogen (secondary N) is 1. The molecule has 122 valence electrons. The first kappa shape index (κ1) is 16.6. The van der Waals surface area contributed by atoms with Gasteiger partial charge in [-0.1, -0.05) is 47.5 Å². The molecule has 24 heavy (non-hydrogen) atoms. The number of hydrogen-bond donors (Lipinski definition) is 1. The van der Waals surface area contributed by atoms with E-state index in [0.717, 1.165) is 11.4 Å². The molecule has 3 rings (SSSR count). The summed E-state index contributed by atoms with van der Waals surface area (Å²) in [4.78, 5) is 12.2. The molecule has 1 amide bonds. The van der Waals surface area contributed by atoms with E-state index in [4.69, 9.17) is 23.2 Å². The number of aromatic nitrogens is 2. The van der Waals surface area contributed by atoms with Crippen molar-refractivity contribution in [2.24, 2.45) is 0 Å². The number of hydrogen-bond acceptors (Lipinski definition) is 2. The molecule has 0 unspecified atom stereocenters. The van der Waals surface area contributed by atoms with Crippen LogP contribution < -0.4 is 5.32 Å². The van der Waals surface area contributed by atoms with Gasteiger partial charge in [-0.2, -0.15) is 5.10 Å². The molecule has 0 saturated heterocycles. The number of nitrogens with zero attached hydrogens (tertiary/aromatic N) is 2. The number of rotatable bonds is 5. The fraction of sp³-hybridized carbons (Fsp3) is 0.111. The van der Waals surface area contributed by atoms with Gasteiger partial charge in [-0.3, -0.25) is 4.79 Å². The zero-order chi connectivity index (χ0) is 16.9. The zero-order valence-electron chi connectivity index (χ0n) is 12.7. The van der Waals surface area contributed by atoms with E-state index in [1.165, 1.54) is 0 Å². The lowest BCUT2D eigenvalue weighted by atomic mass is 10.2. The van der Waals surface area contributed by atoms with Crippen molar-refractivity contribution in [3.8, 4) is 5.69 Å². The molecule has 0 fully saturated rings. The van der Waals surface area contributed by atoms with Gasteiger partial charge in [0.2, 0.25) is 0 Å². The lowest BCUT2D eigenvalue weighted by Gasteiger charge is -2.07. The number of carbonyl (C=O) groups excluding carboxylic acids is 1. The molecule has 3 aromatic rings.